The second-order valence-electron chi connectivity index (χ2n) is 7.65. The van der Waals surface area contributed by atoms with Gasteiger partial charge in [0, 0.05) is 38.7 Å². The highest BCUT2D eigenvalue weighted by molar-refractivity contribution is 7.46. The van der Waals surface area contributed by atoms with Crippen molar-refractivity contribution in [3.63, 3.8) is 0 Å². The highest BCUT2D eigenvalue weighted by Crippen LogP contribution is 2.41. The zero-order valence-corrected chi connectivity index (χ0v) is 22.1. The van der Waals surface area contributed by atoms with Crippen LogP contribution in [0.1, 0.15) is 25.8 Å². The number of rotatable bonds is 12. The lowest BCUT2D eigenvalue weighted by molar-refractivity contribution is 0.102. The predicted molar refractivity (Wildman–Crippen MR) is 138 cm³/mol. The molecule has 4 aromatic rings. The Balaban J connectivity index is 1.45. The van der Waals surface area contributed by atoms with Gasteiger partial charge in [-0.3, -0.25) is 9.59 Å². The molecule has 2 N–H and O–H groups in total. The number of thiophene rings is 2. The SMILES string of the molecule is COc1cc2sc(C=O)cc2c(F)c1OCCCOc1c(OC)cc2sc(C(=O)CP(O)O)cc2c1F. The Labute approximate surface area is 218 Å². The topological polar surface area (TPSA) is 112 Å². The van der Waals surface area contributed by atoms with Crippen molar-refractivity contribution in [2.45, 2.75) is 6.42 Å². The number of methoxy groups -OCH3 is 2. The van der Waals surface area contributed by atoms with Crippen LogP contribution in [0.5, 0.6) is 23.0 Å². The van der Waals surface area contributed by atoms with Crippen molar-refractivity contribution in [3.05, 3.63) is 45.7 Å². The standard InChI is InChI=1S/C24H21F2O8PS2/c1-31-16-8-18-13(6-12(10-27)36-18)21(25)23(16)33-4-3-5-34-24-17(32-2)9-19-14(22(24)26)7-20(37-19)15(28)11-35(29)30/h6-10,29-30H,3-5,11H2,1-2H3. The number of hydrogen-bond donors (Lipinski definition) is 2. The number of ketones is 1. The highest BCUT2D eigenvalue weighted by Gasteiger charge is 2.22. The molecule has 0 unspecified atom stereocenters. The van der Waals surface area contributed by atoms with Crippen LogP contribution in [-0.4, -0.2) is 55.5 Å². The lowest BCUT2D eigenvalue weighted by atomic mass is 10.2. The lowest BCUT2D eigenvalue weighted by Crippen LogP contribution is -2.08. The van der Waals surface area contributed by atoms with Crippen molar-refractivity contribution in [2.75, 3.05) is 33.6 Å². The Morgan fingerprint density at radius 1 is 0.919 bits per heavy atom. The summed E-state index contributed by atoms with van der Waals surface area (Å²) in [6, 6.07) is 5.92. The maximum absolute atomic E-state index is 15.2. The summed E-state index contributed by atoms with van der Waals surface area (Å²) in [7, 11) is 0.333. The predicted octanol–water partition coefficient (Wildman–Crippen LogP) is 5.55. The third-order valence-electron chi connectivity index (χ3n) is 5.28. The number of Topliss-reactive ketones (excluding diaryl/α,β-unsaturated/α-hetero) is 1. The molecule has 0 aliphatic rings. The molecule has 2 heterocycles. The van der Waals surface area contributed by atoms with Crippen LogP contribution in [-0.2, 0) is 0 Å². The van der Waals surface area contributed by atoms with E-state index in [4.69, 9.17) is 28.7 Å². The van der Waals surface area contributed by atoms with E-state index in [1.54, 1.807) is 6.07 Å². The van der Waals surface area contributed by atoms with Gasteiger partial charge in [-0.25, -0.2) is 8.78 Å². The first-order chi connectivity index (χ1) is 17.8. The molecule has 37 heavy (non-hydrogen) atoms. The van der Waals surface area contributed by atoms with Crippen LogP contribution in [0.4, 0.5) is 8.78 Å². The summed E-state index contributed by atoms with van der Waals surface area (Å²) in [6.45, 7) is 0.0337. The van der Waals surface area contributed by atoms with Gasteiger partial charge < -0.3 is 28.7 Å². The third-order valence-corrected chi connectivity index (χ3v) is 7.98. The van der Waals surface area contributed by atoms with E-state index in [-0.39, 0.29) is 58.3 Å². The second-order valence-corrected chi connectivity index (χ2v) is 10.9. The quantitative estimate of drug-likeness (QED) is 0.0987. The molecule has 0 spiro atoms. The number of carbonyl (C=O) groups is 2. The van der Waals surface area contributed by atoms with E-state index < -0.39 is 32.0 Å². The zero-order chi connectivity index (χ0) is 26.7. The van der Waals surface area contributed by atoms with Gasteiger partial charge in [0.15, 0.2) is 55.1 Å². The minimum atomic E-state index is -2.40. The van der Waals surface area contributed by atoms with Crippen LogP contribution in [0.2, 0.25) is 0 Å². The Kier molecular flexibility index (Phi) is 8.56. The van der Waals surface area contributed by atoms with Gasteiger partial charge in [-0.1, -0.05) is 0 Å². The second kappa shape index (κ2) is 11.7. The Morgan fingerprint density at radius 2 is 1.46 bits per heavy atom. The molecule has 2 aromatic heterocycles. The fourth-order valence-electron chi connectivity index (χ4n) is 3.60. The van der Waals surface area contributed by atoms with E-state index >= 15 is 8.78 Å². The first kappa shape index (κ1) is 27.2. The molecule has 0 fully saturated rings. The number of carbonyl (C=O) groups excluding carboxylic acids is 2. The maximum atomic E-state index is 15.2. The molecule has 196 valence electrons. The monoisotopic (exact) mass is 570 g/mol. The largest absolute Gasteiger partial charge is 0.493 e. The number of hydrogen-bond acceptors (Lipinski definition) is 10. The summed E-state index contributed by atoms with van der Waals surface area (Å²) in [5.41, 5.74) is 0. The summed E-state index contributed by atoms with van der Waals surface area (Å²) in [5.74, 6) is -1.80. The molecule has 0 aliphatic heterocycles. The molecule has 4 rings (SSSR count). The minimum Gasteiger partial charge on any atom is -0.493 e. The molecular weight excluding hydrogens is 549 g/mol. The van der Waals surface area contributed by atoms with Crippen molar-refractivity contribution in [2.24, 2.45) is 0 Å². The molecule has 2 aromatic carbocycles. The number of benzene rings is 2. The van der Waals surface area contributed by atoms with Gasteiger partial charge in [-0.15, -0.1) is 22.7 Å². The molecular formula is C24H21F2O8PS2. The zero-order valence-electron chi connectivity index (χ0n) is 19.6. The van der Waals surface area contributed by atoms with Gasteiger partial charge in [0.05, 0.1) is 43.3 Å². The molecule has 8 nitrogen and oxygen atoms in total. The van der Waals surface area contributed by atoms with Crippen LogP contribution < -0.4 is 18.9 Å². The Hall–Kier alpha value is -2.89. The van der Waals surface area contributed by atoms with Crippen molar-refractivity contribution in [1.29, 1.82) is 0 Å². The van der Waals surface area contributed by atoms with Gasteiger partial charge >= 0.3 is 0 Å². The highest BCUT2D eigenvalue weighted by atomic mass is 32.1. The third kappa shape index (κ3) is 5.68. The normalized spacial score (nSPS) is 11.3. The van der Waals surface area contributed by atoms with Crippen molar-refractivity contribution >= 4 is 63.3 Å². The maximum Gasteiger partial charge on any atom is 0.197 e. The summed E-state index contributed by atoms with van der Waals surface area (Å²) in [4.78, 5) is 42.0. The summed E-state index contributed by atoms with van der Waals surface area (Å²) in [6.07, 6.45) is 0.468. The molecule has 0 radical (unpaired) electrons. The van der Waals surface area contributed by atoms with E-state index in [1.807, 2.05) is 0 Å². The fourth-order valence-corrected chi connectivity index (χ4v) is 6.06. The smallest absolute Gasteiger partial charge is 0.197 e. The average Bonchev–Trinajstić information content (AvgIpc) is 3.50. The van der Waals surface area contributed by atoms with Crippen LogP contribution in [0.25, 0.3) is 20.2 Å². The summed E-state index contributed by atoms with van der Waals surface area (Å²) >= 11 is 2.15. The summed E-state index contributed by atoms with van der Waals surface area (Å²) in [5, 5.41) is 0.397. The van der Waals surface area contributed by atoms with E-state index in [2.05, 4.69) is 0 Å². The van der Waals surface area contributed by atoms with Crippen LogP contribution in [0.15, 0.2) is 24.3 Å². The number of aldehydes is 1. The molecule has 0 aliphatic carbocycles. The molecule has 0 amide bonds. The van der Waals surface area contributed by atoms with E-state index in [0.717, 1.165) is 22.7 Å². The molecule has 13 heteroatoms. The van der Waals surface area contributed by atoms with Crippen LogP contribution >= 0.6 is 31.0 Å². The van der Waals surface area contributed by atoms with E-state index in [9.17, 15) is 9.59 Å². The molecule has 0 saturated carbocycles. The van der Waals surface area contributed by atoms with Crippen molar-refractivity contribution < 1.29 is 47.1 Å². The van der Waals surface area contributed by atoms with Gasteiger partial charge in [-0.05, 0) is 12.1 Å². The van der Waals surface area contributed by atoms with Crippen LogP contribution in [0, 0.1) is 11.6 Å². The Bertz CT molecular complexity index is 1470. The first-order valence-corrected chi connectivity index (χ1v) is 13.8. The van der Waals surface area contributed by atoms with Crippen molar-refractivity contribution in [3.8, 4) is 23.0 Å². The first-order valence-electron chi connectivity index (χ1n) is 10.8. The molecule has 0 bridgehead atoms. The van der Waals surface area contributed by atoms with Crippen molar-refractivity contribution in [1.82, 2.24) is 0 Å². The van der Waals surface area contributed by atoms with Gasteiger partial charge in [0.2, 0.25) is 0 Å². The lowest BCUT2D eigenvalue weighted by Gasteiger charge is -2.14. The number of fused-ring (bicyclic) bond motifs is 2. The number of ether oxygens (including phenoxy) is 4. The summed E-state index contributed by atoms with van der Waals surface area (Å²) < 4.78 is 52.9. The Morgan fingerprint density at radius 3 is 1.97 bits per heavy atom. The van der Waals surface area contributed by atoms with Crippen LogP contribution in [0.3, 0.4) is 0 Å². The average molecular weight is 571 g/mol. The van der Waals surface area contributed by atoms with Gasteiger partial charge in [0.25, 0.3) is 0 Å². The fraction of sp³-hybridized carbons (Fsp3) is 0.250. The van der Waals surface area contributed by atoms with E-state index in [0.29, 0.717) is 20.6 Å². The molecule has 0 saturated heterocycles. The number of halogens is 2. The minimum absolute atomic E-state index is 0.00789. The van der Waals surface area contributed by atoms with E-state index in [1.165, 1.54) is 32.4 Å². The molecule has 0 atom stereocenters. The van der Waals surface area contributed by atoms with Gasteiger partial charge in [0.1, 0.15) is 0 Å². The van der Waals surface area contributed by atoms with Gasteiger partial charge in [-0.2, -0.15) is 0 Å².